The zero-order valence-electron chi connectivity index (χ0n) is 11.7. The van der Waals surface area contributed by atoms with Crippen LogP contribution in [0.5, 0.6) is 5.75 Å². The van der Waals surface area contributed by atoms with Gasteiger partial charge in [0, 0.05) is 31.9 Å². The number of anilines is 1. The van der Waals surface area contributed by atoms with Gasteiger partial charge in [-0.25, -0.2) is 0 Å². The smallest absolute Gasteiger partial charge is 0.235 e. The van der Waals surface area contributed by atoms with Gasteiger partial charge in [-0.3, -0.25) is 9.69 Å². The van der Waals surface area contributed by atoms with Crippen LogP contribution in [0.1, 0.15) is 0 Å². The number of carbonyl (C=O) groups excluding carboxylic acids is 1. The second-order valence-electron chi connectivity index (χ2n) is 4.72. The van der Waals surface area contributed by atoms with Crippen molar-refractivity contribution in [2.75, 3.05) is 51.5 Å². The van der Waals surface area contributed by atoms with Crippen molar-refractivity contribution in [2.24, 2.45) is 0 Å². The molecule has 0 unspecified atom stereocenters. The maximum absolute atomic E-state index is 11.4. The number of carbonyl (C=O) groups is 1. The average molecular weight is 279 g/mol. The van der Waals surface area contributed by atoms with Crippen LogP contribution in [0.2, 0.25) is 0 Å². The van der Waals surface area contributed by atoms with Gasteiger partial charge >= 0.3 is 0 Å². The topological polar surface area (TPSA) is 65.0 Å². The summed E-state index contributed by atoms with van der Waals surface area (Å²) in [6.07, 6.45) is 0. The predicted molar refractivity (Wildman–Crippen MR) is 76.9 cm³/mol. The lowest BCUT2D eigenvalue weighted by molar-refractivity contribution is -0.123. The summed E-state index contributed by atoms with van der Waals surface area (Å²) >= 11 is 0. The molecule has 20 heavy (non-hydrogen) atoms. The molecule has 1 saturated heterocycles. The summed E-state index contributed by atoms with van der Waals surface area (Å²) in [7, 11) is 1.66. The van der Waals surface area contributed by atoms with E-state index in [2.05, 4.69) is 15.1 Å². The third-order valence-corrected chi connectivity index (χ3v) is 3.45. The minimum atomic E-state index is -0.301. The standard InChI is InChI=1S/C14H21N3O3/c1-20-13-4-2-12(3-5-13)17-8-6-16(7-9-17)10-14(19)15-11-18/h2-5,18H,6-11H2,1H3,(H,15,19). The van der Waals surface area contributed by atoms with Gasteiger partial charge in [0.05, 0.1) is 13.7 Å². The maximum atomic E-state index is 11.4. The molecule has 2 N–H and O–H groups in total. The van der Waals surface area contributed by atoms with Gasteiger partial charge in [-0.1, -0.05) is 0 Å². The number of rotatable bonds is 5. The molecule has 1 heterocycles. The van der Waals surface area contributed by atoms with Gasteiger partial charge < -0.3 is 20.1 Å². The fourth-order valence-electron chi connectivity index (χ4n) is 2.30. The molecule has 0 aliphatic carbocycles. The summed E-state index contributed by atoms with van der Waals surface area (Å²) in [5.41, 5.74) is 1.17. The Bertz CT molecular complexity index is 428. The fraction of sp³-hybridized carbons (Fsp3) is 0.500. The van der Waals surface area contributed by atoms with Gasteiger partial charge in [-0.15, -0.1) is 0 Å². The monoisotopic (exact) mass is 279 g/mol. The third-order valence-electron chi connectivity index (χ3n) is 3.45. The number of piperazine rings is 1. The number of benzene rings is 1. The molecule has 0 saturated carbocycles. The van der Waals surface area contributed by atoms with Gasteiger partial charge in [-0.2, -0.15) is 0 Å². The molecule has 0 aromatic heterocycles. The van der Waals surface area contributed by atoms with Crippen LogP contribution in [-0.4, -0.2) is 62.5 Å². The molecule has 1 aromatic carbocycles. The Morgan fingerprint density at radius 2 is 1.90 bits per heavy atom. The van der Waals surface area contributed by atoms with Gasteiger partial charge in [0.25, 0.3) is 0 Å². The summed E-state index contributed by atoms with van der Waals surface area (Å²) < 4.78 is 5.15. The maximum Gasteiger partial charge on any atom is 0.235 e. The van der Waals surface area contributed by atoms with E-state index in [1.165, 1.54) is 5.69 Å². The van der Waals surface area contributed by atoms with Crippen molar-refractivity contribution < 1.29 is 14.6 Å². The van der Waals surface area contributed by atoms with E-state index >= 15 is 0 Å². The highest BCUT2D eigenvalue weighted by molar-refractivity contribution is 5.77. The minimum Gasteiger partial charge on any atom is -0.497 e. The Labute approximate surface area is 118 Å². The van der Waals surface area contributed by atoms with Crippen LogP contribution in [0.3, 0.4) is 0 Å². The Morgan fingerprint density at radius 3 is 2.45 bits per heavy atom. The molecule has 1 aliphatic rings. The number of aliphatic hydroxyl groups excluding tert-OH is 1. The number of nitrogens with one attached hydrogen (secondary N) is 1. The van der Waals surface area contributed by atoms with Crippen LogP contribution in [0, 0.1) is 0 Å². The number of nitrogens with zero attached hydrogens (tertiary/aromatic N) is 2. The molecule has 1 aromatic rings. The van der Waals surface area contributed by atoms with Crippen LogP contribution in [0.4, 0.5) is 5.69 Å². The van der Waals surface area contributed by atoms with E-state index in [1.807, 2.05) is 24.3 Å². The predicted octanol–water partition coefficient (Wildman–Crippen LogP) is -0.117. The summed E-state index contributed by atoms with van der Waals surface area (Å²) in [5.74, 6) is 0.721. The van der Waals surface area contributed by atoms with Crippen molar-refractivity contribution in [3.05, 3.63) is 24.3 Å². The lowest BCUT2D eigenvalue weighted by Crippen LogP contribution is -2.49. The SMILES string of the molecule is COc1ccc(N2CCN(CC(=O)NCO)CC2)cc1. The molecule has 6 heteroatoms. The second kappa shape index (κ2) is 7.12. The second-order valence-corrected chi connectivity index (χ2v) is 4.72. The number of methoxy groups -OCH3 is 1. The van der Waals surface area contributed by atoms with Gasteiger partial charge in [-0.05, 0) is 24.3 Å². The van der Waals surface area contributed by atoms with Crippen LogP contribution in [-0.2, 0) is 4.79 Å². The first-order chi connectivity index (χ1) is 9.72. The number of aliphatic hydroxyl groups is 1. The molecule has 110 valence electrons. The average Bonchev–Trinajstić information content (AvgIpc) is 2.48. The summed E-state index contributed by atoms with van der Waals surface area (Å²) in [4.78, 5) is 15.8. The van der Waals surface area contributed by atoms with Crippen molar-refractivity contribution in [2.45, 2.75) is 0 Å². The van der Waals surface area contributed by atoms with E-state index in [4.69, 9.17) is 9.84 Å². The van der Waals surface area contributed by atoms with Crippen LogP contribution in [0.15, 0.2) is 24.3 Å². The highest BCUT2D eigenvalue weighted by Gasteiger charge is 2.18. The van der Waals surface area contributed by atoms with Crippen molar-refractivity contribution in [1.82, 2.24) is 10.2 Å². The van der Waals surface area contributed by atoms with Crippen LogP contribution in [0.25, 0.3) is 0 Å². The zero-order chi connectivity index (χ0) is 14.4. The van der Waals surface area contributed by atoms with Gasteiger partial charge in [0.2, 0.25) is 5.91 Å². The Balaban J connectivity index is 1.82. The van der Waals surface area contributed by atoms with E-state index in [0.29, 0.717) is 6.54 Å². The quantitative estimate of drug-likeness (QED) is 0.736. The van der Waals surface area contributed by atoms with Crippen LogP contribution >= 0.6 is 0 Å². The zero-order valence-corrected chi connectivity index (χ0v) is 11.7. The molecule has 1 fully saturated rings. The largest absolute Gasteiger partial charge is 0.497 e. The molecule has 1 aliphatic heterocycles. The summed E-state index contributed by atoms with van der Waals surface area (Å²) in [6, 6.07) is 8.01. The molecule has 2 rings (SSSR count). The van der Waals surface area contributed by atoms with Crippen molar-refractivity contribution in [3.63, 3.8) is 0 Å². The van der Waals surface area contributed by atoms with E-state index in [-0.39, 0.29) is 12.6 Å². The number of hydrogen-bond donors (Lipinski definition) is 2. The van der Waals surface area contributed by atoms with E-state index in [1.54, 1.807) is 7.11 Å². The summed E-state index contributed by atoms with van der Waals surface area (Å²) in [5, 5.41) is 11.0. The van der Waals surface area contributed by atoms with E-state index in [9.17, 15) is 4.79 Å². The van der Waals surface area contributed by atoms with Gasteiger partial charge in [0.15, 0.2) is 0 Å². The van der Waals surface area contributed by atoms with Crippen LogP contribution < -0.4 is 15.0 Å². The summed E-state index contributed by atoms with van der Waals surface area (Å²) in [6.45, 7) is 3.49. The Kier molecular flexibility index (Phi) is 5.20. The molecule has 0 spiro atoms. The Morgan fingerprint density at radius 1 is 1.25 bits per heavy atom. The Hall–Kier alpha value is -1.79. The number of ether oxygens (including phenoxy) is 1. The molecule has 0 atom stereocenters. The number of hydrogen-bond acceptors (Lipinski definition) is 5. The molecule has 1 amide bonds. The molecule has 6 nitrogen and oxygen atoms in total. The molecule has 0 bridgehead atoms. The highest BCUT2D eigenvalue weighted by atomic mass is 16.5. The van der Waals surface area contributed by atoms with Crippen molar-refractivity contribution in [3.8, 4) is 5.75 Å². The molecule has 0 radical (unpaired) electrons. The fourth-order valence-corrected chi connectivity index (χ4v) is 2.30. The van der Waals surface area contributed by atoms with E-state index < -0.39 is 0 Å². The van der Waals surface area contributed by atoms with Gasteiger partial charge in [0.1, 0.15) is 12.5 Å². The minimum absolute atomic E-state index is 0.134. The van der Waals surface area contributed by atoms with Crippen molar-refractivity contribution >= 4 is 11.6 Å². The van der Waals surface area contributed by atoms with Crippen molar-refractivity contribution in [1.29, 1.82) is 0 Å². The number of amides is 1. The lowest BCUT2D eigenvalue weighted by Gasteiger charge is -2.35. The van der Waals surface area contributed by atoms with E-state index in [0.717, 1.165) is 31.9 Å². The first-order valence-electron chi connectivity index (χ1n) is 6.72. The third kappa shape index (κ3) is 3.85. The lowest BCUT2D eigenvalue weighted by atomic mass is 10.2. The normalized spacial score (nSPS) is 16.0. The highest BCUT2D eigenvalue weighted by Crippen LogP contribution is 2.20. The molecular formula is C14H21N3O3. The first kappa shape index (κ1) is 14.6. The molecular weight excluding hydrogens is 258 g/mol. The first-order valence-corrected chi connectivity index (χ1v) is 6.72.